The molecule has 1 unspecified atom stereocenters. The summed E-state index contributed by atoms with van der Waals surface area (Å²) in [5.74, 6) is -3.51. The van der Waals surface area contributed by atoms with Crippen molar-refractivity contribution in [2.45, 2.75) is 72.6 Å². The Morgan fingerprint density at radius 1 is 0.651 bits per heavy atom. The molecule has 0 amide bonds. The van der Waals surface area contributed by atoms with E-state index in [0.717, 1.165) is 55.8 Å². The summed E-state index contributed by atoms with van der Waals surface area (Å²) in [4.78, 5) is 59.4. The largest absolute Gasteiger partial charge is 0.469 e. The first kappa shape index (κ1) is 46.9. The van der Waals surface area contributed by atoms with Crippen molar-refractivity contribution in [2.24, 2.45) is 0 Å². The molecule has 63 heavy (non-hydrogen) atoms. The Morgan fingerprint density at radius 2 is 1.16 bits per heavy atom. The van der Waals surface area contributed by atoms with Gasteiger partial charge in [0.15, 0.2) is 5.78 Å². The molecule has 0 aliphatic carbocycles. The van der Waals surface area contributed by atoms with Gasteiger partial charge in [0.1, 0.15) is 29.9 Å². The van der Waals surface area contributed by atoms with E-state index in [4.69, 9.17) is 9.47 Å². The zero-order valence-electron chi connectivity index (χ0n) is 36.4. The highest BCUT2D eigenvalue weighted by Gasteiger charge is 2.30. The van der Waals surface area contributed by atoms with E-state index in [2.05, 4.69) is 27.9 Å². The lowest BCUT2D eigenvalue weighted by atomic mass is 9.97. The van der Waals surface area contributed by atoms with Crippen LogP contribution in [0.15, 0.2) is 115 Å². The molecule has 4 aromatic carbocycles. The molecule has 0 aliphatic heterocycles. The Hall–Kier alpha value is -7.15. The van der Waals surface area contributed by atoms with Crippen LogP contribution in [0.3, 0.4) is 0 Å². The highest BCUT2D eigenvalue weighted by atomic mass is 19.1. The number of para-hydroxylation sites is 2. The van der Waals surface area contributed by atoms with Crippen LogP contribution in [-0.2, 0) is 42.9 Å². The van der Waals surface area contributed by atoms with Crippen LogP contribution >= 0.6 is 0 Å². The average molecular weight is 861 g/mol. The number of aromatic nitrogens is 2. The molecule has 1 atom stereocenters. The van der Waals surface area contributed by atoms with Crippen LogP contribution in [0, 0.1) is 11.6 Å². The summed E-state index contributed by atoms with van der Waals surface area (Å²) in [5, 5.41) is 1.90. The molecule has 0 N–H and O–H groups in total. The van der Waals surface area contributed by atoms with Crippen LogP contribution in [0.1, 0.15) is 84.0 Å². The SMILES string of the molecule is COC(=O)/C=C(/CC(OC(C)=O)c1c(-c2ccc(F)cc2)c2ccccc2n1C(C)C)OC(C)=O.COC(=O)CC(=O)/C=C/c1c(-c2ccc(F)cc2)c2ccccc2n1C(C)C. The number of carbonyl (C=O) groups excluding carboxylic acids is 5. The van der Waals surface area contributed by atoms with E-state index >= 15 is 0 Å². The minimum absolute atomic E-state index is 0.0128. The Kier molecular flexibility index (Phi) is 15.7. The van der Waals surface area contributed by atoms with Crippen molar-refractivity contribution in [1.29, 1.82) is 0 Å². The monoisotopic (exact) mass is 860 g/mol. The zero-order chi connectivity index (χ0) is 46.0. The van der Waals surface area contributed by atoms with E-state index in [1.165, 1.54) is 58.4 Å². The van der Waals surface area contributed by atoms with Crippen molar-refractivity contribution in [2.75, 3.05) is 14.2 Å². The van der Waals surface area contributed by atoms with Crippen molar-refractivity contribution >= 4 is 57.5 Å². The number of carbonyl (C=O) groups is 5. The van der Waals surface area contributed by atoms with Gasteiger partial charge in [-0.1, -0.05) is 60.7 Å². The summed E-state index contributed by atoms with van der Waals surface area (Å²) in [6.45, 7) is 10.6. The predicted molar refractivity (Wildman–Crippen MR) is 237 cm³/mol. The average Bonchev–Trinajstić information content (AvgIpc) is 3.77. The van der Waals surface area contributed by atoms with E-state index in [0.29, 0.717) is 5.69 Å². The molecule has 0 bridgehead atoms. The van der Waals surface area contributed by atoms with Crippen LogP contribution < -0.4 is 0 Å². The van der Waals surface area contributed by atoms with Gasteiger partial charge in [0.05, 0.1) is 31.7 Å². The maximum absolute atomic E-state index is 13.8. The lowest BCUT2D eigenvalue weighted by molar-refractivity contribution is -0.148. The van der Waals surface area contributed by atoms with Gasteiger partial charge in [-0.05, 0) is 87.4 Å². The fourth-order valence-electron chi connectivity index (χ4n) is 7.53. The summed E-state index contributed by atoms with van der Waals surface area (Å²) in [6, 6.07) is 28.1. The molecule has 0 radical (unpaired) electrons. The first-order valence-electron chi connectivity index (χ1n) is 20.2. The molecule has 0 fully saturated rings. The summed E-state index contributed by atoms with van der Waals surface area (Å²) < 4.78 is 51.6. The van der Waals surface area contributed by atoms with Gasteiger partial charge in [0, 0.05) is 65.3 Å². The number of esters is 4. The number of ketones is 1. The van der Waals surface area contributed by atoms with Gasteiger partial charge < -0.3 is 28.1 Å². The number of hydrogen-bond donors (Lipinski definition) is 0. The van der Waals surface area contributed by atoms with Crippen molar-refractivity contribution in [1.82, 2.24) is 9.13 Å². The van der Waals surface area contributed by atoms with Crippen molar-refractivity contribution in [3.05, 3.63) is 138 Å². The first-order chi connectivity index (χ1) is 30.0. The molecule has 13 heteroatoms. The maximum atomic E-state index is 13.8. The molecule has 328 valence electrons. The van der Waals surface area contributed by atoms with Gasteiger partial charge in [0.2, 0.25) is 0 Å². The van der Waals surface area contributed by atoms with Crippen LogP contribution in [0.4, 0.5) is 8.78 Å². The van der Waals surface area contributed by atoms with Crippen LogP contribution in [0.5, 0.6) is 0 Å². The molecule has 0 saturated carbocycles. The number of methoxy groups -OCH3 is 2. The number of nitrogens with zero attached hydrogens (tertiary/aromatic N) is 2. The summed E-state index contributed by atoms with van der Waals surface area (Å²) in [7, 11) is 2.46. The standard InChI is InChI=1S/C27H28FNO6.C23H22FNO3/c1-16(2)29-23-9-7-6-8-22(23)26(19-10-12-20(28)13-11-19)27(29)24(35-18(4)31)14-21(34-17(3)30)15-25(32)33-5;1-15(2)25-20-7-5-4-6-19(20)23(16-8-10-17(24)11-9-16)21(25)13-12-18(26)14-22(27)28-3/h6-13,15-16,24H,14H2,1-5H3;4-13,15H,14H2,1-3H3/b21-15-;13-12+. The Balaban J connectivity index is 0.000000243. The number of allylic oxidation sites excluding steroid dienone is 1. The smallest absolute Gasteiger partial charge is 0.333 e. The van der Waals surface area contributed by atoms with Gasteiger partial charge in [0.25, 0.3) is 0 Å². The van der Waals surface area contributed by atoms with E-state index in [-0.39, 0.29) is 48.1 Å². The van der Waals surface area contributed by atoms with Crippen LogP contribution in [0.2, 0.25) is 0 Å². The Labute approximate surface area is 364 Å². The van der Waals surface area contributed by atoms with Gasteiger partial charge in [-0.3, -0.25) is 19.2 Å². The second-order valence-electron chi connectivity index (χ2n) is 15.1. The molecule has 2 heterocycles. The number of benzene rings is 4. The molecule has 0 saturated heterocycles. The summed E-state index contributed by atoms with van der Waals surface area (Å²) in [6.07, 6.45) is 2.84. The first-order valence-corrected chi connectivity index (χ1v) is 20.2. The number of fused-ring (bicyclic) bond motifs is 2. The fraction of sp³-hybridized carbons (Fsp3) is 0.260. The fourth-order valence-corrected chi connectivity index (χ4v) is 7.53. The lowest BCUT2D eigenvalue weighted by Crippen LogP contribution is -2.18. The zero-order valence-corrected chi connectivity index (χ0v) is 36.4. The van der Waals surface area contributed by atoms with Crippen molar-refractivity contribution in [3.63, 3.8) is 0 Å². The molecule has 0 spiro atoms. The van der Waals surface area contributed by atoms with E-state index in [1.807, 2.05) is 66.9 Å². The molecule has 11 nitrogen and oxygen atoms in total. The third kappa shape index (κ3) is 11.4. The summed E-state index contributed by atoms with van der Waals surface area (Å²) in [5.41, 5.74) is 6.63. The van der Waals surface area contributed by atoms with Crippen molar-refractivity contribution < 1.29 is 51.7 Å². The quantitative estimate of drug-likeness (QED) is 0.0345. The molecule has 6 aromatic rings. The molecular formula is C50H50F2N2O9. The molecular weight excluding hydrogens is 811 g/mol. The highest BCUT2D eigenvalue weighted by molar-refractivity contribution is 6.06. The molecule has 0 aliphatic rings. The van der Waals surface area contributed by atoms with E-state index in [9.17, 15) is 32.8 Å². The number of halogens is 2. The minimum Gasteiger partial charge on any atom is -0.469 e. The van der Waals surface area contributed by atoms with Crippen LogP contribution in [-0.4, -0.2) is 53.0 Å². The third-order valence-electron chi connectivity index (χ3n) is 9.92. The second kappa shape index (κ2) is 21.1. The number of hydrogen-bond acceptors (Lipinski definition) is 9. The normalized spacial score (nSPS) is 12.0. The van der Waals surface area contributed by atoms with Gasteiger partial charge in [-0.2, -0.15) is 0 Å². The molecule has 2 aromatic heterocycles. The van der Waals surface area contributed by atoms with E-state index < -0.39 is 30.0 Å². The highest BCUT2D eigenvalue weighted by Crippen LogP contribution is 2.43. The predicted octanol–water partition coefficient (Wildman–Crippen LogP) is 10.8. The van der Waals surface area contributed by atoms with Gasteiger partial charge in [-0.25, -0.2) is 13.6 Å². The van der Waals surface area contributed by atoms with Gasteiger partial charge >= 0.3 is 23.9 Å². The number of rotatable bonds is 14. The molecule has 6 rings (SSSR count). The van der Waals surface area contributed by atoms with Crippen LogP contribution in [0.25, 0.3) is 50.1 Å². The number of ether oxygens (including phenoxy) is 4. The topological polar surface area (TPSA) is 132 Å². The maximum Gasteiger partial charge on any atom is 0.333 e. The van der Waals surface area contributed by atoms with Gasteiger partial charge in [-0.15, -0.1) is 0 Å². The second-order valence-corrected chi connectivity index (χ2v) is 15.1. The minimum atomic E-state index is -0.933. The Bertz CT molecular complexity index is 2690. The van der Waals surface area contributed by atoms with E-state index in [1.54, 1.807) is 30.3 Å². The summed E-state index contributed by atoms with van der Waals surface area (Å²) >= 11 is 0. The lowest BCUT2D eigenvalue weighted by Gasteiger charge is -2.24. The van der Waals surface area contributed by atoms with Crippen molar-refractivity contribution in [3.8, 4) is 22.3 Å². The Morgan fingerprint density at radius 3 is 1.65 bits per heavy atom. The third-order valence-corrected chi connectivity index (χ3v) is 9.92.